The van der Waals surface area contributed by atoms with Crippen LogP contribution in [-0.4, -0.2) is 36.0 Å². The van der Waals surface area contributed by atoms with Crippen LogP contribution in [0.5, 0.6) is 0 Å². The maximum atomic E-state index is 12.3. The van der Waals surface area contributed by atoms with Gasteiger partial charge in [0, 0.05) is 18.0 Å². The Labute approximate surface area is 109 Å². The van der Waals surface area contributed by atoms with E-state index in [-0.39, 0.29) is 29.3 Å². The molecule has 0 spiro atoms. The number of cyclic esters (lactones) is 1. The smallest absolute Gasteiger partial charge is 0.309 e. The molecular formula is C14H23NO3. The third kappa shape index (κ3) is 2.68. The molecule has 2 fully saturated rings. The van der Waals surface area contributed by atoms with Crippen molar-refractivity contribution in [3.05, 3.63) is 0 Å². The van der Waals surface area contributed by atoms with E-state index in [0.29, 0.717) is 6.61 Å². The van der Waals surface area contributed by atoms with Crippen LogP contribution in [-0.2, 0) is 14.3 Å². The van der Waals surface area contributed by atoms with Crippen molar-refractivity contribution < 1.29 is 14.3 Å². The van der Waals surface area contributed by atoms with Gasteiger partial charge in [0.25, 0.3) is 0 Å². The van der Waals surface area contributed by atoms with E-state index >= 15 is 0 Å². The summed E-state index contributed by atoms with van der Waals surface area (Å²) in [5.41, 5.74) is -0.335. The van der Waals surface area contributed by atoms with Crippen molar-refractivity contribution in [2.24, 2.45) is 11.3 Å². The second kappa shape index (κ2) is 4.90. The van der Waals surface area contributed by atoms with Crippen molar-refractivity contribution in [2.45, 2.75) is 52.5 Å². The zero-order valence-electron chi connectivity index (χ0n) is 11.6. The van der Waals surface area contributed by atoms with Gasteiger partial charge in [0.1, 0.15) is 0 Å². The highest BCUT2D eigenvalue weighted by molar-refractivity contribution is 5.82. The summed E-state index contributed by atoms with van der Waals surface area (Å²) < 4.78 is 5.00. The molecule has 0 saturated carbocycles. The number of hydrogen-bond acceptors (Lipinski definition) is 3. The Kier molecular flexibility index (Phi) is 3.64. The van der Waals surface area contributed by atoms with Crippen LogP contribution < -0.4 is 0 Å². The Morgan fingerprint density at radius 1 is 1.39 bits per heavy atom. The second-order valence-corrected chi connectivity index (χ2v) is 6.43. The van der Waals surface area contributed by atoms with Gasteiger partial charge in [0.2, 0.25) is 5.91 Å². The number of likely N-dealkylation sites (tertiary alicyclic amines) is 1. The summed E-state index contributed by atoms with van der Waals surface area (Å²) >= 11 is 0. The lowest BCUT2D eigenvalue weighted by molar-refractivity contribution is -0.144. The van der Waals surface area contributed by atoms with E-state index in [4.69, 9.17) is 4.74 Å². The molecule has 2 saturated heterocycles. The van der Waals surface area contributed by atoms with Crippen LogP contribution in [0.25, 0.3) is 0 Å². The average Bonchev–Trinajstić information content (AvgIpc) is 2.87. The Bertz CT molecular complexity index is 345. The van der Waals surface area contributed by atoms with Crippen molar-refractivity contribution >= 4 is 11.9 Å². The molecule has 4 heteroatoms. The summed E-state index contributed by atoms with van der Waals surface area (Å²) in [6, 6.07) is 0.229. The number of ether oxygens (including phenoxy) is 1. The molecule has 0 unspecified atom stereocenters. The molecule has 0 aromatic carbocycles. The maximum Gasteiger partial charge on any atom is 0.309 e. The van der Waals surface area contributed by atoms with Crippen LogP contribution in [0.15, 0.2) is 0 Å². The van der Waals surface area contributed by atoms with Gasteiger partial charge < -0.3 is 9.64 Å². The number of nitrogens with zero attached hydrogens (tertiary/aromatic N) is 1. The third-order valence-corrected chi connectivity index (χ3v) is 3.88. The molecule has 102 valence electrons. The Balaban J connectivity index is 1.99. The Hall–Kier alpha value is -1.06. The molecule has 2 heterocycles. The number of hydrogen-bond donors (Lipinski definition) is 0. The van der Waals surface area contributed by atoms with Crippen LogP contribution in [0.1, 0.15) is 46.5 Å². The van der Waals surface area contributed by atoms with Gasteiger partial charge in [-0.05, 0) is 25.7 Å². The fourth-order valence-corrected chi connectivity index (χ4v) is 2.86. The number of esters is 1. The van der Waals surface area contributed by atoms with Crippen LogP contribution in [0.3, 0.4) is 0 Å². The highest BCUT2D eigenvalue weighted by atomic mass is 16.5. The van der Waals surface area contributed by atoms with Crippen molar-refractivity contribution in [3.8, 4) is 0 Å². The van der Waals surface area contributed by atoms with E-state index in [1.54, 1.807) is 0 Å². The molecule has 18 heavy (non-hydrogen) atoms. The molecule has 0 bridgehead atoms. The average molecular weight is 253 g/mol. The number of rotatable bonds is 2. The molecule has 0 aliphatic carbocycles. The summed E-state index contributed by atoms with van der Waals surface area (Å²) in [4.78, 5) is 25.8. The predicted molar refractivity (Wildman–Crippen MR) is 67.9 cm³/mol. The van der Waals surface area contributed by atoms with Gasteiger partial charge in [-0.1, -0.05) is 20.8 Å². The zero-order valence-corrected chi connectivity index (χ0v) is 11.6. The quantitative estimate of drug-likeness (QED) is 0.707. The lowest BCUT2D eigenvalue weighted by atomic mass is 9.92. The second-order valence-electron chi connectivity index (χ2n) is 6.43. The van der Waals surface area contributed by atoms with Crippen molar-refractivity contribution in [1.82, 2.24) is 4.90 Å². The molecule has 0 N–H and O–H groups in total. The van der Waals surface area contributed by atoms with Gasteiger partial charge in [-0.25, -0.2) is 0 Å². The fourth-order valence-electron chi connectivity index (χ4n) is 2.86. The van der Waals surface area contributed by atoms with E-state index in [1.165, 1.54) is 0 Å². The van der Waals surface area contributed by atoms with Crippen molar-refractivity contribution in [3.63, 3.8) is 0 Å². The fraction of sp³-hybridized carbons (Fsp3) is 0.857. The molecule has 0 aromatic heterocycles. The zero-order chi connectivity index (χ0) is 13.3. The minimum Gasteiger partial charge on any atom is -0.465 e. The molecule has 0 radical (unpaired) electrons. The first kappa shape index (κ1) is 13.4. The van der Waals surface area contributed by atoms with Gasteiger partial charge in [0.15, 0.2) is 0 Å². The summed E-state index contributed by atoms with van der Waals surface area (Å²) in [6.45, 7) is 7.24. The number of carbonyl (C=O) groups is 2. The summed E-state index contributed by atoms with van der Waals surface area (Å²) in [6.07, 6.45) is 3.66. The summed E-state index contributed by atoms with van der Waals surface area (Å²) in [7, 11) is 0. The maximum absolute atomic E-state index is 12.3. The van der Waals surface area contributed by atoms with Gasteiger partial charge in [0.05, 0.1) is 12.5 Å². The lowest BCUT2D eigenvalue weighted by Gasteiger charge is -2.31. The van der Waals surface area contributed by atoms with Crippen molar-refractivity contribution in [1.29, 1.82) is 0 Å². The third-order valence-electron chi connectivity index (χ3n) is 3.88. The van der Waals surface area contributed by atoms with E-state index in [1.807, 2.05) is 25.7 Å². The summed E-state index contributed by atoms with van der Waals surface area (Å²) in [5, 5.41) is 0. The van der Waals surface area contributed by atoms with Crippen LogP contribution in [0.2, 0.25) is 0 Å². The molecule has 1 amide bonds. The standard InChI is InChI=1S/C14H23NO3/c1-14(2,3)13(17)15-7-4-5-11(15)9-10-6-8-18-12(10)16/h10-11H,4-9H2,1-3H3/t10-,11-/m0/s1. The highest BCUT2D eigenvalue weighted by Gasteiger charge is 2.38. The van der Waals surface area contributed by atoms with Gasteiger partial charge >= 0.3 is 5.97 Å². The largest absolute Gasteiger partial charge is 0.465 e. The van der Waals surface area contributed by atoms with Crippen LogP contribution >= 0.6 is 0 Å². The predicted octanol–water partition coefficient (Wildman–Crippen LogP) is 1.98. The lowest BCUT2D eigenvalue weighted by Crippen LogP contribution is -2.43. The normalized spacial score (nSPS) is 28.6. The molecule has 2 aliphatic heterocycles. The minimum absolute atomic E-state index is 0.00312. The van der Waals surface area contributed by atoms with E-state index in [9.17, 15) is 9.59 Å². The molecule has 0 aromatic rings. The monoisotopic (exact) mass is 253 g/mol. The Morgan fingerprint density at radius 3 is 2.67 bits per heavy atom. The van der Waals surface area contributed by atoms with Gasteiger partial charge in [-0.15, -0.1) is 0 Å². The number of amides is 1. The van der Waals surface area contributed by atoms with Crippen LogP contribution in [0, 0.1) is 11.3 Å². The van der Waals surface area contributed by atoms with E-state index < -0.39 is 0 Å². The van der Waals surface area contributed by atoms with Crippen LogP contribution in [0.4, 0.5) is 0 Å². The van der Waals surface area contributed by atoms with E-state index in [2.05, 4.69) is 0 Å². The summed E-state index contributed by atoms with van der Waals surface area (Å²) in [5.74, 6) is 0.129. The first-order valence-electron chi connectivity index (χ1n) is 6.87. The highest BCUT2D eigenvalue weighted by Crippen LogP contribution is 2.31. The van der Waals surface area contributed by atoms with E-state index in [0.717, 1.165) is 32.2 Å². The minimum atomic E-state index is -0.335. The van der Waals surface area contributed by atoms with Crippen molar-refractivity contribution in [2.75, 3.05) is 13.2 Å². The first-order chi connectivity index (χ1) is 8.39. The number of carbonyl (C=O) groups excluding carboxylic acids is 2. The molecule has 4 nitrogen and oxygen atoms in total. The molecule has 2 aliphatic rings. The topological polar surface area (TPSA) is 46.6 Å². The Morgan fingerprint density at radius 2 is 2.11 bits per heavy atom. The SMILES string of the molecule is CC(C)(C)C(=O)N1CCC[C@H]1C[C@@H]1CCOC1=O. The first-order valence-corrected chi connectivity index (χ1v) is 6.87. The van der Waals surface area contributed by atoms with Gasteiger partial charge in [-0.3, -0.25) is 9.59 Å². The molecule has 2 rings (SSSR count). The molecule has 2 atom stereocenters. The molecular weight excluding hydrogens is 230 g/mol. The van der Waals surface area contributed by atoms with Gasteiger partial charge in [-0.2, -0.15) is 0 Å².